The second-order valence-electron chi connectivity index (χ2n) is 7.90. The van der Waals surface area contributed by atoms with Crippen molar-refractivity contribution in [2.75, 3.05) is 18.4 Å². The smallest absolute Gasteiger partial charge is 0.309 e. The highest BCUT2D eigenvalue weighted by atomic mass is 19.1. The molecule has 1 N–H and O–H groups in total. The number of nitrogens with one attached hydrogen (secondary N) is 1. The van der Waals surface area contributed by atoms with E-state index >= 15 is 0 Å². The SMILES string of the molecule is CC(C)n1nccc1NC(=O)[C@H](C)OC(=O)C1CCN(C(=O)c2ccc(F)cc2)CC1. The molecule has 2 heterocycles. The number of piperidine rings is 1. The molecule has 31 heavy (non-hydrogen) atoms. The van der Waals surface area contributed by atoms with Crippen molar-refractivity contribution in [2.45, 2.75) is 45.8 Å². The van der Waals surface area contributed by atoms with Gasteiger partial charge < -0.3 is 15.0 Å². The van der Waals surface area contributed by atoms with Gasteiger partial charge in [-0.1, -0.05) is 0 Å². The predicted octanol–water partition coefficient (Wildman–Crippen LogP) is 3.03. The summed E-state index contributed by atoms with van der Waals surface area (Å²) >= 11 is 0. The van der Waals surface area contributed by atoms with Crippen LogP contribution >= 0.6 is 0 Å². The fourth-order valence-corrected chi connectivity index (χ4v) is 3.47. The molecule has 1 aliphatic heterocycles. The first kappa shape index (κ1) is 22.5. The van der Waals surface area contributed by atoms with Gasteiger partial charge >= 0.3 is 5.97 Å². The molecular formula is C22H27FN4O4. The molecule has 0 bridgehead atoms. The number of hydrogen-bond acceptors (Lipinski definition) is 5. The molecule has 1 aliphatic rings. The van der Waals surface area contributed by atoms with Crippen molar-refractivity contribution in [3.63, 3.8) is 0 Å². The van der Waals surface area contributed by atoms with Gasteiger partial charge in [0, 0.05) is 30.8 Å². The number of likely N-dealkylation sites (tertiary alicyclic amines) is 1. The minimum Gasteiger partial charge on any atom is -0.452 e. The lowest BCUT2D eigenvalue weighted by atomic mass is 9.96. The van der Waals surface area contributed by atoms with E-state index in [1.165, 1.54) is 31.2 Å². The quantitative estimate of drug-likeness (QED) is 0.711. The number of carbonyl (C=O) groups excluding carboxylic acids is 3. The highest BCUT2D eigenvalue weighted by molar-refractivity contribution is 5.95. The van der Waals surface area contributed by atoms with Gasteiger partial charge in [-0.3, -0.25) is 14.4 Å². The average Bonchev–Trinajstić information content (AvgIpc) is 3.22. The number of rotatable bonds is 6. The van der Waals surface area contributed by atoms with Crippen molar-refractivity contribution in [2.24, 2.45) is 5.92 Å². The molecule has 1 atom stereocenters. The van der Waals surface area contributed by atoms with Crippen LogP contribution in [0.4, 0.5) is 10.2 Å². The number of nitrogens with zero attached hydrogens (tertiary/aromatic N) is 3. The number of ether oxygens (including phenoxy) is 1. The molecule has 9 heteroatoms. The van der Waals surface area contributed by atoms with E-state index < -0.39 is 23.8 Å². The van der Waals surface area contributed by atoms with Crippen LogP contribution in [0.2, 0.25) is 0 Å². The van der Waals surface area contributed by atoms with Crippen LogP contribution < -0.4 is 5.32 Å². The van der Waals surface area contributed by atoms with Crippen LogP contribution in [0.1, 0.15) is 50.0 Å². The molecule has 166 valence electrons. The summed E-state index contributed by atoms with van der Waals surface area (Å²) in [6.45, 7) is 6.20. The van der Waals surface area contributed by atoms with Crippen LogP contribution in [-0.2, 0) is 14.3 Å². The Balaban J connectivity index is 1.49. The normalized spacial score (nSPS) is 15.6. The number of benzene rings is 1. The zero-order valence-corrected chi connectivity index (χ0v) is 17.9. The van der Waals surface area contributed by atoms with E-state index in [1.54, 1.807) is 21.8 Å². The van der Waals surface area contributed by atoms with Crippen molar-refractivity contribution in [3.8, 4) is 0 Å². The summed E-state index contributed by atoms with van der Waals surface area (Å²) in [6, 6.07) is 7.15. The first-order chi connectivity index (χ1) is 14.8. The minimum absolute atomic E-state index is 0.0750. The van der Waals surface area contributed by atoms with Gasteiger partial charge in [-0.25, -0.2) is 9.07 Å². The van der Waals surface area contributed by atoms with Crippen LogP contribution in [0.5, 0.6) is 0 Å². The third-order valence-electron chi connectivity index (χ3n) is 5.28. The van der Waals surface area contributed by atoms with E-state index in [2.05, 4.69) is 10.4 Å². The highest BCUT2D eigenvalue weighted by Crippen LogP contribution is 2.21. The maximum Gasteiger partial charge on any atom is 0.309 e. The number of esters is 1. The van der Waals surface area contributed by atoms with Crippen LogP contribution in [-0.4, -0.2) is 51.7 Å². The van der Waals surface area contributed by atoms with Gasteiger partial charge in [-0.2, -0.15) is 5.10 Å². The van der Waals surface area contributed by atoms with E-state index in [9.17, 15) is 18.8 Å². The lowest BCUT2D eigenvalue weighted by Crippen LogP contribution is -2.41. The number of amides is 2. The molecule has 8 nitrogen and oxygen atoms in total. The minimum atomic E-state index is -0.957. The molecule has 1 aromatic heterocycles. The molecule has 3 rings (SSSR count). The number of carbonyl (C=O) groups is 3. The number of anilines is 1. The van der Waals surface area contributed by atoms with E-state index in [0.29, 0.717) is 37.3 Å². The first-order valence-corrected chi connectivity index (χ1v) is 10.4. The van der Waals surface area contributed by atoms with Gasteiger partial charge in [-0.15, -0.1) is 0 Å². The summed E-state index contributed by atoms with van der Waals surface area (Å²) in [7, 11) is 0. The van der Waals surface area contributed by atoms with Crippen LogP contribution in [0.25, 0.3) is 0 Å². The van der Waals surface area contributed by atoms with E-state index in [4.69, 9.17) is 4.74 Å². The molecule has 0 saturated carbocycles. The maximum absolute atomic E-state index is 13.0. The summed E-state index contributed by atoms with van der Waals surface area (Å²) < 4.78 is 20.1. The highest BCUT2D eigenvalue weighted by Gasteiger charge is 2.31. The lowest BCUT2D eigenvalue weighted by molar-refractivity contribution is -0.158. The summed E-state index contributed by atoms with van der Waals surface area (Å²) in [5.41, 5.74) is 0.411. The Morgan fingerprint density at radius 3 is 2.35 bits per heavy atom. The number of hydrogen-bond donors (Lipinski definition) is 1. The summed E-state index contributed by atoms with van der Waals surface area (Å²) in [5.74, 6) is -1.32. The fraction of sp³-hybridized carbons (Fsp3) is 0.455. The average molecular weight is 430 g/mol. The van der Waals surface area contributed by atoms with Gasteiger partial charge in [0.1, 0.15) is 11.6 Å². The lowest BCUT2D eigenvalue weighted by Gasteiger charge is -2.31. The topological polar surface area (TPSA) is 93.5 Å². The number of halogens is 1. The fourth-order valence-electron chi connectivity index (χ4n) is 3.47. The van der Waals surface area contributed by atoms with Gasteiger partial charge in [0.25, 0.3) is 11.8 Å². The Labute approximate surface area is 180 Å². The molecule has 1 fully saturated rings. The Morgan fingerprint density at radius 1 is 1.10 bits per heavy atom. The van der Waals surface area contributed by atoms with Crippen molar-refractivity contribution in [1.29, 1.82) is 0 Å². The van der Waals surface area contributed by atoms with Crippen molar-refractivity contribution < 1.29 is 23.5 Å². The van der Waals surface area contributed by atoms with Crippen molar-refractivity contribution >= 4 is 23.6 Å². The molecule has 1 aromatic carbocycles. The van der Waals surface area contributed by atoms with E-state index in [0.717, 1.165) is 0 Å². The Morgan fingerprint density at radius 2 is 1.74 bits per heavy atom. The predicted molar refractivity (Wildman–Crippen MR) is 112 cm³/mol. The molecule has 0 aliphatic carbocycles. The van der Waals surface area contributed by atoms with Gasteiger partial charge in [0.2, 0.25) is 0 Å². The molecule has 0 unspecified atom stereocenters. The Bertz CT molecular complexity index is 933. The monoisotopic (exact) mass is 430 g/mol. The second kappa shape index (κ2) is 9.72. The van der Waals surface area contributed by atoms with Crippen LogP contribution in [0.15, 0.2) is 36.5 Å². The Hall–Kier alpha value is -3.23. The van der Waals surface area contributed by atoms with Gasteiger partial charge in [-0.05, 0) is 57.9 Å². The van der Waals surface area contributed by atoms with Crippen LogP contribution in [0.3, 0.4) is 0 Å². The number of aromatic nitrogens is 2. The summed E-state index contributed by atoms with van der Waals surface area (Å²) in [6.07, 6.45) is 1.52. The second-order valence-corrected chi connectivity index (χ2v) is 7.90. The molecule has 1 saturated heterocycles. The molecule has 0 spiro atoms. The summed E-state index contributed by atoms with van der Waals surface area (Å²) in [4.78, 5) is 39.1. The maximum atomic E-state index is 13.0. The molecular weight excluding hydrogens is 403 g/mol. The first-order valence-electron chi connectivity index (χ1n) is 10.4. The molecule has 2 aromatic rings. The third-order valence-corrected chi connectivity index (χ3v) is 5.28. The van der Waals surface area contributed by atoms with Crippen molar-refractivity contribution in [3.05, 3.63) is 47.9 Å². The van der Waals surface area contributed by atoms with Crippen molar-refractivity contribution in [1.82, 2.24) is 14.7 Å². The Kier molecular flexibility index (Phi) is 7.04. The summed E-state index contributed by atoms with van der Waals surface area (Å²) in [5, 5.41) is 6.88. The van der Waals surface area contributed by atoms with E-state index in [1.807, 2.05) is 13.8 Å². The molecule has 2 amide bonds. The van der Waals surface area contributed by atoms with Gasteiger partial charge in [0.15, 0.2) is 6.10 Å². The van der Waals surface area contributed by atoms with E-state index in [-0.39, 0.29) is 17.9 Å². The standard InChI is InChI=1S/C22H27FN4O4/c1-14(2)27-19(8-11-24-27)25-20(28)15(3)31-22(30)17-9-12-26(13-10-17)21(29)16-4-6-18(23)7-5-16/h4-8,11,14-15,17H,9-10,12-13H2,1-3H3,(H,25,28)/t15-/m0/s1. The zero-order chi connectivity index (χ0) is 22.5. The van der Waals surface area contributed by atoms with Gasteiger partial charge in [0.05, 0.1) is 12.1 Å². The zero-order valence-electron chi connectivity index (χ0n) is 17.9. The third kappa shape index (κ3) is 5.48. The van der Waals surface area contributed by atoms with Crippen LogP contribution in [0, 0.1) is 11.7 Å². The molecule has 0 radical (unpaired) electrons. The largest absolute Gasteiger partial charge is 0.452 e.